The van der Waals surface area contributed by atoms with Crippen molar-refractivity contribution in [2.75, 3.05) is 5.32 Å². The zero-order valence-electron chi connectivity index (χ0n) is 18.0. The monoisotopic (exact) mass is 480 g/mol. The highest BCUT2D eigenvalue weighted by atomic mass is 19.4. The Bertz CT molecular complexity index is 1440. The molecule has 0 aliphatic rings. The first-order chi connectivity index (χ1) is 16.7. The van der Waals surface area contributed by atoms with Gasteiger partial charge in [-0.1, -0.05) is 42.5 Å². The smallest absolute Gasteiger partial charge is 0.322 e. The normalized spacial score (nSPS) is 12.3. The fraction of sp³-hybridized carbons (Fsp3) is 0.0370. The molecular weight excluding hydrogens is 463 g/mol. The lowest BCUT2D eigenvalue weighted by molar-refractivity contribution is -0.137. The number of carbonyl (C=O) groups excluding carboxylic acids is 1. The molecule has 3 aromatic carbocycles. The summed E-state index contributed by atoms with van der Waals surface area (Å²) in [6, 6.07) is 14.6. The second kappa shape index (κ2) is 9.89. The molecule has 0 bridgehead atoms. The van der Waals surface area contributed by atoms with E-state index in [4.69, 9.17) is 0 Å². The van der Waals surface area contributed by atoms with Crippen LogP contribution < -0.4 is 5.32 Å². The molecule has 4 rings (SSSR count). The standard InChI is InChI=1S/C27H17F5N2O/c28-23-12-9-18(15-24(23)29)21(17-7-10-20(11-8-17)27(30,31)32)4-2-6-26(35)34-25-5-1-3-19-16-33-14-13-22(19)25/h1-16H,(H,34,35)/b6-2+,21-4+. The number of carbonyl (C=O) groups is 1. The van der Waals surface area contributed by atoms with E-state index >= 15 is 0 Å². The van der Waals surface area contributed by atoms with Gasteiger partial charge in [-0.2, -0.15) is 13.2 Å². The zero-order valence-corrected chi connectivity index (χ0v) is 18.0. The Morgan fingerprint density at radius 1 is 0.886 bits per heavy atom. The van der Waals surface area contributed by atoms with Gasteiger partial charge < -0.3 is 5.32 Å². The third-order valence-electron chi connectivity index (χ3n) is 5.20. The van der Waals surface area contributed by atoms with E-state index in [1.165, 1.54) is 36.4 Å². The van der Waals surface area contributed by atoms with Gasteiger partial charge in [0.1, 0.15) is 0 Å². The Labute approximate surface area is 197 Å². The van der Waals surface area contributed by atoms with Crippen LogP contribution in [0.3, 0.4) is 0 Å². The van der Waals surface area contributed by atoms with Gasteiger partial charge >= 0.3 is 6.18 Å². The molecule has 0 fully saturated rings. The SMILES string of the molecule is O=C(/C=C/C=C(\c1ccc(C(F)(F)F)cc1)c1ccc(F)c(F)c1)Nc1cccc2cnccc12. The molecule has 1 heterocycles. The molecule has 176 valence electrons. The van der Waals surface area contributed by atoms with Gasteiger partial charge in [0.15, 0.2) is 11.6 Å². The number of rotatable bonds is 5. The highest BCUT2D eigenvalue weighted by Crippen LogP contribution is 2.32. The molecule has 0 atom stereocenters. The largest absolute Gasteiger partial charge is 0.416 e. The van der Waals surface area contributed by atoms with E-state index in [0.717, 1.165) is 35.0 Å². The van der Waals surface area contributed by atoms with Crippen molar-refractivity contribution in [2.24, 2.45) is 0 Å². The lowest BCUT2D eigenvalue weighted by Gasteiger charge is -2.11. The quantitative estimate of drug-likeness (QED) is 0.187. The van der Waals surface area contributed by atoms with E-state index in [1.54, 1.807) is 30.6 Å². The van der Waals surface area contributed by atoms with Gasteiger partial charge in [-0.15, -0.1) is 0 Å². The van der Waals surface area contributed by atoms with Gasteiger partial charge in [0.2, 0.25) is 5.91 Å². The average molecular weight is 480 g/mol. The van der Waals surface area contributed by atoms with Crippen LogP contribution in [-0.2, 0) is 11.0 Å². The molecule has 0 aliphatic heterocycles. The van der Waals surface area contributed by atoms with E-state index < -0.39 is 29.3 Å². The van der Waals surface area contributed by atoms with E-state index in [1.807, 2.05) is 6.07 Å². The Morgan fingerprint density at radius 3 is 2.34 bits per heavy atom. The van der Waals surface area contributed by atoms with Crippen molar-refractivity contribution in [1.29, 1.82) is 0 Å². The topological polar surface area (TPSA) is 42.0 Å². The van der Waals surface area contributed by atoms with Crippen molar-refractivity contribution in [3.05, 3.63) is 126 Å². The summed E-state index contributed by atoms with van der Waals surface area (Å²) >= 11 is 0. The summed E-state index contributed by atoms with van der Waals surface area (Å²) in [5.74, 6) is -2.61. The first-order valence-electron chi connectivity index (χ1n) is 10.4. The summed E-state index contributed by atoms with van der Waals surface area (Å²) in [5, 5.41) is 4.40. The highest BCUT2D eigenvalue weighted by Gasteiger charge is 2.30. The molecule has 8 heteroatoms. The van der Waals surface area contributed by atoms with Crippen molar-refractivity contribution in [3.63, 3.8) is 0 Å². The number of nitrogens with one attached hydrogen (secondary N) is 1. The average Bonchev–Trinajstić information content (AvgIpc) is 2.83. The number of anilines is 1. The Morgan fingerprint density at radius 2 is 1.63 bits per heavy atom. The Hall–Kier alpha value is -4.33. The minimum Gasteiger partial charge on any atom is -0.322 e. The van der Waals surface area contributed by atoms with Crippen LogP contribution in [0.15, 0.2) is 97.4 Å². The van der Waals surface area contributed by atoms with Crippen LogP contribution in [0, 0.1) is 11.6 Å². The number of alkyl halides is 3. The molecule has 3 nitrogen and oxygen atoms in total. The van der Waals surface area contributed by atoms with Crippen molar-refractivity contribution < 1.29 is 26.7 Å². The number of fused-ring (bicyclic) bond motifs is 1. The maximum Gasteiger partial charge on any atom is 0.416 e. The molecule has 0 radical (unpaired) electrons. The first kappa shape index (κ1) is 23.8. The summed E-state index contributed by atoms with van der Waals surface area (Å²) in [4.78, 5) is 16.5. The molecular formula is C27H17F5N2O. The van der Waals surface area contributed by atoms with E-state index in [9.17, 15) is 26.7 Å². The second-order valence-corrected chi connectivity index (χ2v) is 7.54. The summed E-state index contributed by atoms with van der Waals surface area (Å²) in [6.07, 6.45) is 2.82. The van der Waals surface area contributed by atoms with Gasteiger partial charge in [0.05, 0.1) is 5.56 Å². The zero-order chi connectivity index (χ0) is 25.0. The van der Waals surface area contributed by atoms with E-state index in [0.29, 0.717) is 16.8 Å². The van der Waals surface area contributed by atoms with Crippen LogP contribution >= 0.6 is 0 Å². The molecule has 1 amide bonds. The molecule has 1 aromatic heterocycles. The van der Waals surface area contributed by atoms with Gasteiger partial charge in [-0.25, -0.2) is 8.78 Å². The molecule has 4 aromatic rings. The first-order valence-corrected chi connectivity index (χ1v) is 10.4. The van der Waals surface area contributed by atoms with Gasteiger partial charge in [0, 0.05) is 34.9 Å². The lowest BCUT2D eigenvalue weighted by Crippen LogP contribution is -2.08. The molecule has 1 N–H and O–H groups in total. The number of nitrogens with zero attached hydrogens (tertiary/aromatic N) is 1. The predicted octanol–water partition coefficient (Wildman–Crippen LogP) is 7.16. The summed E-state index contributed by atoms with van der Waals surface area (Å²) < 4.78 is 66.1. The number of halogens is 5. The summed E-state index contributed by atoms with van der Waals surface area (Å²) in [7, 11) is 0. The van der Waals surface area contributed by atoms with Crippen LogP contribution in [0.25, 0.3) is 16.3 Å². The number of hydrogen-bond donors (Lipinski definition) is 1. The number of pyridine rings is 1. The molecule has 0 spiro atoms. The van der Waals surface area contributed by atoms with Crippen molar-refractivity contribution in [3.8, 4) is 0 Å². The summed E-state index contributed by atoms with van der Waals surface area (Å²) in [6.45, 7) is 0. The minimum atomic E-state index is -4.51. The van der Waals surface area contributed by atoms with Crippen LogP contribution in [0.4, 0.5) is 27.6 Å². The predicted molar refractivity (Wildman–Crippen MR) is 124 cm³/mol. The molecule has 0 saturated heterocycles. The number of amides is 1. The van der Waals surface area contributed by atoms with Crippen molar-refractivity contribution in [1.82, 2.24) is 4.98 Å². The Kier molecular flexibility index (Phi) is 6.73. The van der Waals surface area contributed by atoms with Gasteiger partial charge in [0.25, 0.3) is 0 Å². The van der Waals surface area contributed by atoms with E-state index in [2.05, 4.69) is 10.3 Å². The van der Waals surface area contributed by atoms with Crippen LogP contribution in [0.2, 0.25) is 0 Å². The lowest BCUT2D eigenvalue weighted by atomic mass is 9.96. The maximum atomic E-state index is 13.9. The highest BCUT2D eigenvalue weighted by molar-refractivity contribution is 6.06. The maximum absolute atomic E-state index is 13.9. The van der Waals surface area contributed by atoms with Crippen LogP contribution in [0.1, 0.15) is 16.7 Å². The number of allylic oxidation sites excluding steroid dienone is 2. The molecule has 0 unspecified atom stereocenters. The number of hydrogen-bond acceptors (Lipinski definition) is 2. The second-order valence-electron chi connectivity index (χ2n) is 7.54. The van der Waals surface area contributed by atoms with Crippen molar-refractivity contribution in [2.45, 2.75) is 6.18 Å². The summed E-state index contributed by atoms with van der Waals surface area (Å²) in [5.41, 5.74) is 0.599. The fourth-order valence-corrected chi connectivity index (χ4v) is 3.50. The Balaban J connectivity index is 1.63. The third kappa shape index (κ3) is 5.60. The molecule has 35 heavy (non-hydrogen) atoms. The number of benzene rings is 3. The van der Waals surface area contributed by atoms with Crippen LogP contribution in [-0.4, -0.2) is 10.9 Å². The molecule has 0 aliphatic carbocycles. The van der Waals surface area contributed by atoms with Gasteiger partial charge in [-0.3, -0.25) is 9.78 Å². The fourth-order valence-electron chi connectivity index (χ4n) is 3.50. The molecule has 0 saturated carbocycles. The van der Waals surface area contributed by atoms with Crippen LogP contribution in [0.5, 0.6) is 0 Å². The van der Waals surface area contributed by atoms with Gasteiger partial charge in [-0.05, 0) is 53.1 Å². The minimum absolute atomic E-state index is 0.232. The van der Waals surface area contributed by atoms with E-state index in [-0.39, 0.29) is 5.56 Å². The third-order valence-corrected chi connectivity index (χ3v) is 5.20. The number of aromatic nitrogens is 1. The van der Waals surface area contributed by atoms with Crippen molar-refractivity contribution >= 4 is 27.9 Å².